The Morgan fingerprint density at radius 1 is 1.19 bits per heavy atom. The monoisotopic (exact) mass is 429 g/mol. The summed E-state index contributed by atoms with van der Waals surface area (Å²) >= 11 is 3.47. The van der Waals surface area contributed by atoms with E-state index in [1.54, 1.807) is 6.07 Å². The van der Waals surface area contributed by atoms with Crippen molar-refractivity contribution in [3.05, 3.63) is 63.1 Å². The molecule has 1 aliphatic carbocycles. The number of urea groups is 1. The maximum Gasteiger partial charge on any atom is 0.319 e. The molecule has 0 saturated heterocycles. The molecule has 4 N–H and O–H groups in total. The van der Waals surface area contributed by atoms with Gasteiger partial charge >= 0.3 is 6.03 Å². The summed E-state index contributed by atoms with van der Waals surface area (Å²) in [6.07, 6.45) is 1.93. The third-order valence-corrected chi connectivity index (χ3v) is 5.88. The van der Waals surface area contributed by atoms with E-state index in [1.165, 1.54) is 0 Å². The third kappa shape index (κ3) is 3.44. The number of benzene rings is 2. The van der Waals surface area contributed by atoms with Gasteiger partial charge in [0.05, 0.1) is 17.8 Å². The van der Waals surface area contributed by atoms with E-state index in [2.05, 4.69) is 31.9 Å². The molecule has 27 heavy (non-hydrogen) atoms. The number of anilines is 1. The predicted molar refractivity (Wildman–Crippen MR) is 106 cm³/mol. The highest BCUT2D eigenvalue weighted by Crippen LogP contribution is 2.31. The molecule has 2 aliphatic rings. The van der Waals surface area contributed by atoms with E-state index in [0.717, 1.165) is 27.6 Å². The highest BCUT2D eigenvalue weighted by atomic mass is 79.9. The first-order chi connectivity index (χ1) is 13.0. The smallest absolute Gasteiger partial charge is 0.319 e. The number of aliphatic hydroxyl groups is 1. The van der Waals surface area contributed by atoms with Crippen LogP contribution in [-0.4, -0.2) is 35.7 Å². The molecular formula is C20H20BrN3O3. The Hall–Kier alpha value is -2.38. The van der Waals surface area contributed by atoms with E-state index >= 15 is 0 Å². The second kappa shape index (κ2) is 6.98. The Bertz CT molecular complexity index is 904. The van der Waals surface area contributed by atoms with Crippen molar-refractivity contribution in [2.24, 2.45) is 0 Å². The number of hydrogen-bond donors (Lipinski definition) is 4. The van der Waals surface area contributed by atoms with Crippen LogP contribution in [0, 0.1) is 0 Å². The van der Waals surface area contributed by atoms with Gasteiger partial charge in [0.15, 0.2) is 0 Å². The minimum atomic E-state index is -0.716. The molecule has 0 saturated carbocycles. The van der Waals surface area contributed by atoms with Gasteiger partial charge in [0.25, 0.3) is 5.91 Å². The minimum Gasteiger partial charge on any atom is -0.394 e. The summed E-state index contributed by atoms with van der Waals surface area (Å²) in [6, 6.07) is 11.1. The van der Waals surface area contributed by atoms with Gasteiger partial charge < -0.3 is 21.1 Å². The topological polar surface area (TPSA) is 90.5 Å². The average Bonchev–Trinajstić information content (AvgIpc) is 3.01. The first kappa shape index (κ1) is 18.0. The molecule has 140 valence electrons. The van der Waals surface area contributed by atoms with Gasteiger partial charge in [-0.2, -0.15) is 0 Å². The zero-order valence-corrected chi connectivity index (χ0v) is 16.2. The molecule has 1 heterocycles. The van der Waals surface area contributed by atoms with Gasteiger partial charge in [0.1, 0.15) is 0 Å². The molecule has 0 unspecified atom stereocenters. The van der Waals surface area contributed by atoms with Gasteiger partial charge in [0.2, 0.25) is 0 Å². The normalized spacial score (nSPS) is 16.9. The van der Waals surface area contributed by atoms with Gasteiger partial charge in [-0.3, -0.25) is 4.79 Å². The fraction of sp³-hybridized carbons (Fsp3) is 0.300. The molecule has 0 fully saturated rings. The molecular weight excluding hydrogens is 410 g/mol. The van der Waals surface area contributed by atoms with Crippen LogP contribution in [-0.2, 0) is 19.3 Å². The third-order valence-electron chi connectivity index (χ3n) is 5.22. The molecule has 2 aromatic carbocycles. The van der Waals surface area contributed by atoms with Crippen LogP contribution in [0.1, 0.15) is 27.0 Å². The van der Waals surface area contributed by atoms with Crippen molar-refractivity contribution in [3.8, 4) is 0 Å². The van der Waals surface area contributed by atoms with Crippen LogP contribution in [0.2, 0.25) is 0 Å². The van der Waals surface area contributed by atoms with Gasteiger partial charge in [-0.15, -0.1) is 0 Å². The number of fused-ring (bicyclic) bond motifs is 2. The molecule has 3 amide bonds. The molecule has 6 nitrogen and oxygen atoms in total. The molecule has 2 aromatic rings. The number of carbonyl (C=O) groups is 2. The molecule has 4 rings (SSSR count). The number of rotatable bonds is 3. The minimum absolute atomic E-state index is 0.134. The van der Waals surface area contributed by atoms with E-state index in [0.29, 0.717) is 30.6 Å². The van der Waals surface area contributed by atoms with Gasteiger partial charge in [0, 0.05) is 16.6 Å². The Morgan fingerprint density at radius 2 is 1.89 bits per heavy atom. The van der Waals surface area contributed by atoms with Crippen LogP contribution in [0.5, 0.6) is 0 Å². The lowest BCUT2D eigenvalue weighted by atomic mass is 9.97. The summed E-state index contributed by atoms with van der Waals surface area (Å²) in [7, 11) is 0. The van der Waals surface area contributed by atoms with Gasteiger partial charge in [-0.25, -0.2) is 4.79 Å². The number of aliphatic hydroxyl groups excluding tert-OH is 1. The Kier molecular flexibility index (Phi) is 4.65. The Balaban J connectivity index is 1.51. The highest BCUT2D eigenvalue weighted by Gasteiger charge is 2.38. The Morgan fingerprint density at radius 3 is 2.56 bits per heavy atom. The largest absolute Gasteiger partial charge is 0.394 e. The zero-order valence-electron chi connectivity index (χ0n) is 14.6. The molecule has 0 bridgehead atoms. The van der Waals surface area contributed by atoms with E-state index in [1.807, 2.05) is 30.3 Å². The predicted octanol–water partition coefficient (Wildman–Crippen LogP) is 2.39. The average molecular weight is 430 g/mol. The van der Waals surface area contributed by atoms with Crippen molar-refractivity contribution in [1.29, 1.82) is 0 Å². The first-order valence-electron chi connectivity index (χ1n) is 8.87. The number of carbonyl (C=O) groups excluding carboxylic acids is 2. The maximum absolute atomic E-state index is 12.6. The van der Waals surface area contributed by atoms with Crippen LogP contribution in [0.4, 0.5) is 10.5 Å². The summed E-state index contributed by atoms with van der Waals surface area (Å²) in [5, 5.41) is 18.5. The Labute approximate surface area is 165 Å². The molecule has 0 atom stereocenters. The van der Waals surface area contributed by atoms with Crippen LogP contribution in [0.3, 0.4) is 0 Å². The summed E-state index contributed by atoms with van der Waals surface area (Å²) in [4.78, 5) is 24.7. The van der Waals surface area contributed by atoms with E-state index in [4.69, 9.17) is 0 Å². The van der Waals surface area contributed by atoms with Crippen molar-refractivity contribution in [2.45, 2.75) is 24.8 Å². The highest BCUT2D eigenvalue weighted by molar-refractivity contribution is 9.10. The lowest BCUT2D eigenvalue weighted by molar-refractivity contribution is 0.0946. The number of hydrogen-bond acceptors (Lipinski definition) is 3. The number of amides is 3. The lowest BCUT2D eigenvalue weighted by Gasteiger charge is -2.28. The molecule has 0 radical (unpaired) electrons. The molecule has 7 heteroatoms. The fourth-order valence-corrected chi connectivity index (χ4v) is 4.35. The molecule has 0 aromatic heterocycles. The van der Waals surface area contributed by atoms with Crippen molar-refractivity contribution >= 4 is 33.6 Å². The van der Waals surface area contributed by atoms with Crippen molar-refractivity contribution in [3.63, 3.8) is 0 Å². The number of nitrogens with one attached hydrogen (secondary N) is 3. The van der Waals surface area contributed by atoms with Crippen molar-refractivity contribution in [1.82, 2.24) is 10.6 Å². The summed E-state index contributed by atoms with van der Waals surface area (Å²) < 4.78 is 0.721. The van der Waals surface area contributed by atoms with Crippen LogP contribution >= 0.6 is 15.9 Å². The van der Waals surface area contributed by atoms with Crippen LogP contribution in [0.15, 0.2) is 40.9 Å². The number of halogens is 1. The van der Waals surface area contributed by atoms with Gasteiger partial charge in [-0.05, 0) is 64.0 Å². The van der Waals surface area contributed by atoms with Crippen molar-refractivity contribution in [2.75, 3.05) is 18.5 Å². The summed E-state index contributed by atoms with van der Waals surface area (Å²) in [5.74, 6) is -0.134. The van der Waals surface area contributed by atoms with E-state index in [9.17, 15) is 14.7 Å². The van der Waals surface area contributed by atoms with Crippen LogP contribution < -0.4 is 16.0 Å². The fourth-order valence-electron chi connectivity index (χ4n) is 3.86. The van der Waals surface area contributed by atoms with E-state index in [-0.39, 0.29) is 12.5 Å². The summed E-state index contributed by atoms with van der Waals surface area (Å²) in [5.41, 5.74) is 3.61. The van der Waals surface area contributed by atoms with Crippen LogP contribution in [0.25, 0.3) is 0 Å². The lowest BCUT2D eigenvalue weighted by Crippen LogP contribution is -2.53. The quantitative estimate of drug-likeness (QED) is 0.603. The van der Waals surface area contributed by atoms with Gasteiger partial charge in [-0.1, -0.05) is 24.3 Å². The maximum atomic E-state index is 12.6. The van der Waals surface area contributed by atoms with Crippen molar-refractivity contribution < 1.29 is 14.7 Å². The standard InChI is InChI=1S/C20H20BrN3O3/c21-16-7-12-5-6-22-18(26)15(12)8-17(16)23-19(27)24-20(11-25)9-13-3-1-2-4-14(13)10-20/h1-4,7-8,25H,5-6,9-11H2,(H,22,26)(H2,23,24,27). The first-order valence-corrected chi connectivity index (χ1v) is 9.66. The molecule has 1 aliphatic heterocycles. The second-order valence-electron chi connectivity index (χ2n) is 7.13. The SMILES string of the molecule is O=C(Nc1cc2c(cc1Br)CCNC2=O)NC1(CO)Cc2ccccc2C1. The molecule has 0 spiro atoms. The summed E-state index contributed by atoms with van der Waals surface area (Å²) in [6.45, 7) is 0.466. The zero-order chi connectivity index (χ0) is 19.0. The second-order valence-corrected chi connectivity index (χ2v) is 7.99. The van der Waals surface area contributed by atoms with E-state index < -0.39 is 11.6 Å².